The molecule has 3 atom stereocenters. The number of likely N-dealkylation sites (N-methyl/N-ethyl adjacent to an activating group) is 1. The maximum Gasteiger partial charge on any atom is 0.325 e. The molecule has 0 saturated carbocycles. The maximum atomic E-state index is 13.6. The first-order chi connectivity index (χ1) is 17.3. The molecule has 186 valence electrons. The molecule has 1 fully saturated rings. The molecule has 3 heterocycles. The Morgan fingerprint density at radius 2 is 1.92 bits per heavy atom. The van der Waals surface area contributed by atoms with Crippen LogP contribution in [-0.4, -0.2) is 45.8 Å². The van der Waals surface area contributed by atoms with E-state index < -0.39 is 23.9 Å². The Morgan fingerprint density at radius 3 is 2.58 bits per heavy atom. The van der Waals surface area contributed by atoms with Gasteiger partial charge >= 0.3 is 6.03 Å². The van der Waals surface area contributed by atoms with Crippen LogP contribution in [0.4, 0.5) is 16.3 Å². The van der Waals surface area contributed by atoms with Crippen molar-refractivity contribution in [1.82, 2.24) is 20.2 Å². The number of nitrogens with two attached hydrogens (primary N) is 1. The highest BCUT2D eigenvalue weighted by molar-refractivity contribution is 6.30. The number of hydrogen-bond acceptors (Lipinski definition) is 6. The molecule has 36 heavy (non-hydrogen) atoms. The van der Waals surface area contributed by atoms with E-state index in [9.17, 15) is 14.4 Å². The van der Waals surface area contributed by atoms with Gasteiger partial charge in [-0.1, -0.05) is 30.7 Å². The lowest BCUT2D eigenvalue weighted by Gasteiger charge is -2.46. The standard InChI is InChI=1S/C26H27ClN6O3/c1-3-21(17-5-4-6-18(27)15-17)31-26(36)33-23(25(35)32(2)19-8-10-29-11-9-19)20(24(33)34)13-16-7-12-30-22(28)14-16/h4-12,14-15,20-21,23H,3,13H2,1-2H3,(H2,28,30)(H,31,36)/t20?,21-,23+/m1/s1. The number of rotatable bonds is 7. The van der Waals surface area contributed by atoms with E-state index in [-0.39, 0.29) is 18.4 Å². The number of likely N-dealkylation sites (tertiary alicyclic amines) is 1. The third-order valence-corrected chi connectivity index (χ3v) is 6.56. The van der Waals surface area contributed by atoms with Crippen LogP contribution in [0.3, 0.4) is 0 Å². The van der Waals surface area contributed by atoms with Gasteiger partial charge in [-0.25, -0.2) is 9.78 Å². The van der Waals surface area contributed by atoms with Gasteiger partial charge in [-0.15, -0.1) is 0 Å². The van der Waals surface area contributed by atoms with Crippen LogP contribution in [0.2, 0.25) is 5.02 Å². The summed E-state index contributed by atoms with van der Waals surface area (Å²) in [5.41, 5.74) is 7.97. The molecule has 1 aliphatic heterocycles. The monoisotopic (exact) mass is 506 g/mol. The normalized spacial score (nSPS) is 17.8. The Morgan fingerprint density at radius 1 is 1.17 bits per heavy atom. The topological polar surface area (TPSA) is 122 Å². The summed E-state index contributed by atoms with van der Waals surface area (Å²) >= 11 is 6.13. The third kappa shape index (κ3) is 5.16. The number of pyridine rings is 2. The van der Waals surface area contributed by atoms with Crippen molar-refractivity contribution in [2.75, 3.05) is 17.7 Å². The number of halogens is 1. The lowest BCUT2D eigenvalue weighted by atomic mass is 9.81. The highest BCUT2D eigenvalue weighted by Crippen LogP contribution is 2.33. The van der Waals surface area contributed by atoms with Crippen molar-refractivity contribution in [3.05, 3.63) is 83.3 Å². The van der Waals surface area contributed by atoms with Crippen LogP contribution in [0.5, 0.6) is 0 Å². The van der Waals surface area contributed by atoms with Gasteiger partial charge in [0.2, 0.25) is 5.91 Å². The fraction of sp³-hybridized carbons (Fsp3) is 0.269. The number of carbonyl (C=O) groups excluding carboxylic acids is 3. The highest BCUT2D eigenvalue weighted by Gasteiger charge is 2.55. The van der Waals surface area contributed by atoms with Crippen LogP contribution < -0.4 is 16.0 Å². The van der Waals surface area contributed by atoms with Gasteiger partial charge in [-0.05, 0) is 60.4 Å². The molecule has 10 heteroatoms. The number of hydrogen-bond donors (Lipinski definition) is 2. The quantitative estimate of drug-likeness (QED) is 0.472. The number of nitrogens with one attached hydrogen (secondary N) is 1. The summed E-state index contributed by atoms with van der Waals surface area (Å²) in [7, 11) is 1.61. The zero-order valence-electron chi connectivity index (χ0n) is 20.0. The van der Waals surface area contributed by atoms with Crippen LogP contribution >= 0.6 is 11.6 Å². The SMILES string of the molecule is CC[C@@H](NC(=O)N1C(=O)C(Cc2ccnc(N)c2)[C@H]1C(=O)N(C)c1ccncc1)c1cccc(Cl)c1. The molecule has 3 aromatic rings. The smallest absolute Gasteiger partial charge is 0.325 e. The van der Waals surface area contributed by atoms with E-state index in [1.165, 1.54) is 4.90 Å². The van der Waals surface area contributed by atoms with Crippen molar-refractivity contribution < 1.29 is 14.4 Å². The molecule has 4 amide bonds. The van der Waals surface area contributed by atoms with E-state index in [0.29, 0.717) is 22.9 Å². The summed E-state index contributed by atoms with van der Waals surface area (Å²) in [6, 6.07) is 12.0. The van der Waals surface area contributed by atoms with E-state index in [1.54, 1.807) is 68.1 Å². The minimum Gasteiger partial charge on any atom is -0.384 e. The third-order valence-electron chi connectivity index (χ3n) is 6.32. The summed E-state index contributed by atoms with van der Waals surface area (Å²) in [6.45, 7) is 1.92. The fourth-order valence-electron chi connectivity index (χ4n) is 4.39. The predicted octanol–water partition coefficient (Wildman–Crippen LogP) is 3.61. The minimum absolute atomic E-state index is 0.251. The van der Waals surface area contributed by atoms with Gasteiger partial charge in [0.1, 0.15) is 11.9 Å². The van der Waals surface area contributed by atoms with Gasteiger partial charge in [-0.2, -0.15) is 0 Å². The van der Waals surface area contributed by atoms with Crippen molar-refractivity contribution in [2.24, 2.45) is 5.92 Å². The lowest BCUT2D eigenvalue weighted by molar-refractivity contribution is -0.156. The number of urea groups is 1. The molecule has 1 aromatic carbocycles. The molecule has 1 saturated heterocycles. The second kappa shape index (κ2) is 10.7. The molecule has 1 unspecified atom stereocenters. The molecule has 3 N–H and O–H groups in total. The van der Waals surface area contributed by atoms with E-state index in [4.69, 9.17) is 17.3 Å². The molecule has 0 aliphatic carbocycles. The number of amides is 4. The van der Waals surface area contributed by atoms with E-state index in [1.807, 2.05) is 13.0 Å². The molecule has 2 aromatic heterocycles. The Balaban J connectivity index is 1.60. The first-order valence-electron chi connectivity index (χ1n) is 11.6. The molecule has 1 aliphatic rings. The largest absolute Gasteiger partial charge is 0.384 e. The number of nitrogens with zero attached hydrogens (tertiary/aromatic N) is 4. The summed E-state index contributed by atoms with van der Waals surface area (Å²) in [5, 5.41) is 3.44. The van der Waals surface area contributed by atoms with Crippen molar-refractivity contribution in [3.8, 4) is 0 Å². The Bertz CT molecular complexity index is 1270. The number of β-lactam (4-membered cyclic amide) rings is 1. The summed E-state index contributed by atoms with van der Waals surface area (Å²) < 4.78 is 0. The average Bonchev–Trinajstić information content (AvgIpc) is 2.88. The molecule has 4 rings (SSSR count). The minimum atomic E-state index is -0.984. The van der Waals surface area contributed by atoms with Crippen LogP contribution in [0.25, 0.3) is 0 Å². The van der Waals surface area contributed by atoms with Crippen LogP contribution in [-0.2, 0) is 16.0 Å². The summed E-state index contributed by atoms with van der Waals surface area (Å²) in [6.07, 6.45) is 5.52. The van der Waals surface area contributed by atoms with Gasteiger partial charge in [0.05, 0.1) is 12.0 Å². The fourth-order valence-corrected chi connectivity index (χ4v) is 4.59. The molecule has 0 bridgehead atoms. The summed E-state index contributed by atoms with van der Waals surface area (Å²) in [5.74, 6) is -1.21. The number of anilines is 2. The van der Waals surface area contributed by atoms with Crippen molar-refractivity contribution >= 4 is 41.0 Å². The Labute approximate surface area is 214 Å². The predicted molar refractivity (Wildman–Crippen MR) is 137 cm³/mol. The highest BCUT2D eigenvalue weighted by atomic mass is 35.5. The van der Waals surface area contributed by atoms with E-state index in [2.05, 4.69) is 15.3 Å². The number of carbonyl (C=O) groups is 3. The Hall–Kier alpha value is -3.98. The number of imide groups is 1. The van der Waals surface area contributed by atoms with Gasteiger partial charge < -0.3 is 16.0 Å². The van der Waals surface area contributed by atoms with Crippen molar-refractivity contribution in [3.63, 3.8) is 0 Å². The van der Waals surface area contributed by atoms with E-state index in [0.717, 1.165) is 16.0 Å². The average molecular weight is 507 g/mol. The van der Waals surface area contributed by atoms with Gasteiger partial charge in [0.15, 0.2) is 0 Å². The molecular formula is C26H27ClN6O3. The summed E-state index contributed by atoms with van der Waals surface area (Å²) in [4.78, 5) is 50.6. The second-order valence-corrected chi connectivity index (χ2v) is 9.06. The zero-order valence-corrected chi connectivity index (χ0v) is 20.7. The number of benzene rings is 1. The van der Waals surface area contributed by atoms with Crippen LogP contribution in [0, 0.1) is 5.92 Å². The number of nitrogen functional groups attached to an aromatic ring is 1. The molecule has 0 radical (unpaired) electrons. The van der Waals surface area contributed by atoms with Crippen LogP contribution in [0.1, 0.15) is 30.5 Å². The van der Waals surface area contributed by atoms with Gasteiger partial charge in [0, 0.05) is 36.3 Å². The second-order valence-electron chi connectivity index (χ2n) is 8.62. The van der Waals surface area contributed by atoms with Gasteiger partial charge in [0.25, 0.3) is 5.91 Å². The first kappa shape index (κ1) is 25.1. The Kier molecular flexibility index (Phi) is 7.49. The number of aromatic nitrogens is 2. The van der Waals surface area contributed by atoms with Crippen molar-refractivity contribution in [1.29, 1.82) is 0 Å². The van der Waals surface area contributed by atoms with Gasteiger partial charge in [-0.3, -0.25) is 19.5 Å². The molecule has 9 nitrogen and oxygen atoms in total. The first-order valence-corrected chi connectivity index (χ1v) is 11.9. The zero-order chi connectivity index (χ0) is 25.8. The maximum absolute atomic E-state index is 13.6. The lowest BCUT2D eigenvalue weighted by Crippen LogP contribution is -2.70. The van der Waals surface area contributed by atoms with Crippen molar-refractivity contribution in [2.45, 2.75) is 31.8 Å². The van der Waals surface area contributed by atoms with E-state index >= 15 is 0 Å². The van der Waals surface area contributed by atoms with Crippen LogP contribution in [0.15, 0.2) is 67.1 Å². The molecule has 0 spiro atoms. The molecular weight excluding hydrogens is 480 g/mol.